The molecule has 3 rings (SSSR count). The third-order valence-corrected chi connectivity index (χ3v) is 3.86. The highest BCUT2D eigenvalue weighted by Gasteiger charge is 2.16. The Morgan fingerprint density at radius 1 is 1.20 bits per heavy atom. The van der Waals surface area contributed by atoms with Gasteiger partial charge in [-0.05, 0) is 29.4 Å². The van der Waals surface area contributed by atoms with Crippen molar-refractivity contribution in [3.05, 3.63) is 48.0 Å². The van der Waals surface area contributed by atoms with E-state index in [9.17, 15) is 0 Å². The summed E-state index contributed by atoms with van der Waals surface area (Å²) in [6.45, 7) is 4.72. The maximum Gasteiger partial charge on any atom is 0.0826 e. The molecule has 1 heterocycles. The Morgan fingerprint density at radius 2 is 2.05 bits per heavy atom. The molecule has 2 aromatic carbocycles. The first-order valence-corrected chi connectivity index (χ1v) is 7.30. The van der Waals surface area contributed by atoms with E-state index in [1.54, 1.807) is 0 Å². The molecule has 0 saturated carbocycles. The highest BCUT2D eigenvalue weighted by Crippen LogP contribution is 2.15. The second kappa shape index (κ2) is 6.35. The van der Waals surface area contributed by atoms with Crippen LogP contribution < -0.4 is 5.32 Å². The Morgan fingerprint density at radius 3 is 2.90 bits per heavy atom. The van der Waals surface area contributed by atoms with Gasteiger partial charge in [0, 0.05) is 26.2 Å². The highest BCUT2D eigenvalue weighted by molar-refractivity contribution is 5.82. The van der Waals surface area contributed by atoms with Crippen LogP contribution in [0.1, 0.15) is 5.56 Å². The molecular formula is C17H22N2O. The number of morpholine rings is 1. The predicted octanol–water partition coefficient (Wildman–Crippen LogP) is 2.26. The molecule has 1 N–H and O–H groups in total. The molecule has 3 nitrogen and oxygen atoms in total. The second-order valence-electron chi connectivity index (χ2n) is 5.57. The molecule has 106 valence electrons. The number of benzene rings is 2. The lowest BCUT2D eigenvalue weighted by atomic mass is 10.1. The van der Waals surface area contributed by atoms with Gasteiger partial charge < -0.3 is 15.0 Å². The van der Waals surface area contributed by atoms with Gasteiger partial charge in [-0.25, -0.2) is 0 Å². The van der Waals surface area contributed by atoms with E-state index < -0.39 is 0 Å². The van der Waals surface area contributed by atoms with Gasteiger partial charge in [-0.1, -0.05) is 36.4 Å². The van der Waals surface area contributed by atoms with Crippen LogP contribution in [-0.2, 0) is 11.3 Å². The first kappa shape index (κ1) is 13.6. The summed E-state index contributed by atoms with van der Waals surface area (Å²) >= 11 is 0. The normalized spacial score (nSPS) is 20.4. The molecule has 1 aliphatic heterocycles. The van der Waals surface area contributed by atoms with Crippen LogP contribution >= 0.6 is 0 Å². The van der Waals surface area contributed by atoms with Crippen LogP contribution in [0.2, 0.25) is 0 Å². The number of likely N-dealkylation sites (N-methyl/N-ethyl adjacent to an activating group) is 1. The summed E-state index contributed by atoms with van der Waals surface area (Å²) in [6.07, 6.45) is 0.314. The second-order valence-corrected chi connectivity index (χ2v) is 5.57. The van der Waals surface area contributed by atoms with Crippen LogP contribution in [0.3, 0.4) is 0 Å². The van der Waals surface area contributed by atoms with Crippen LogP contribution in [0.15, 0.2) is 42.5 Å². The monoisotopic (exact) mass is 270 g/mol. The van der Waals surface area contributed by atoms with Crippen LogP contribution in [0.4, 0.5) is 0 Å². The third-order valence-electron chi connectivity index (χ3n) is 3.86. The quantitative estimate of drug-likeness (QED) is 0.922. The molecule has 2 aromatic rings. The van der Waals surface area contributed by atoms with E-state index in [1.165, 1.54) is 16.3 Å². The van der Waals surface area contributed by atoms with Gasteiger partial charge in [0.2, 0.25) is 0 Å². The number of nitrogens with one attached hydrogen (secondary N) is 1. The molecule has 1 aliphatic rings. The predicted molar refractivity (Wildman–Crippen MR) is 82.9 cm³/mol. The molecular weight excluding hydrogens is 248 g/mol. The average molecular weight is 270 g/mol. The Kier molecular flexibility index (Phi) is 4.31. The molecule has 0 spiro atoms. The van der Waals surface area contributed by atoms with Crippen molar-refractivity contribution in [1.29, 1.82) is 0 Å². The van der Waals surface area contributed by atoms with Gasteiger partial charge in [-0.2, -0.15) is 0 Å². The van der Waals surface area contributed by atoms with Gasteiger partial charge >= 0.3 is 0 Å². The minimum Gasteiger partial charge on any atom is -0.374 e. The average Bonchev–Trinajstić information content (AvgIpc) is 2.47. The summed E-state index contributed by atoms with van der Waals surface area (Å²) in [4.78, 5) is 2.33. The van der Waals surface area contributed by atoms with E-state index >= 15 is 0 Å². The number of fused-ring (bicyclic) bond motifs is 1. The summed E-state index contributed by atoms with van der Waals surface area (Å²) < 4.78 is 5.75. The zero-order chi connectivity index (χ0) is 13.8. The molecule has 1 saturated heterocycles. The fourth-order valence-corrected chi connectivity index (χ4v) is 2.72. The summed E-state index contributed by atoms with van der Waals surface area (Å²) in [7, 11) is 2.15. The number of ether oxygens (including phenoxy) is 1. The lowest BCUT2D eigenvalue weighted by Crippen LogP contribution is -2.44. The van der Waals surface area contributed by atoms with Crippen molar-refractivity contribution < 1.29 is 4.74 Å². The SMILES string of the molecule is CN1CCO[C@@H](CNCc2ccc3ccccc3c2)C1. The Hall–Kier alpha value is -1.42. The van der Waals surface area contributed by atoms with E-state index in [0.717, 1.165) is 32.8 Å². The maximum absolute atomic E-state index is 5.75. The molecule has 20 heavy (non-hydrogen) atoms. The minimum atomic E-state index is 0.314. The van der Waals surface area contributed by atoms with Crippen molar-refractivity contribution in [3.63, 3.8) is 0 Å². The smallest absolute Gasteiger partial charge is 0.0826 e. The minimum absolute atomic E-state index is 0.314. The number of nitrogens with zero attached hydrogens (tertiary/aromatic N) is 1. The fraction of sp³-hybridized carbons (Fsp3) is 0.412. The topological polar surface area (TPSA) is 24.5 Å². The van der Waals surface area contributed by atoms with Gasteiger partial charge in [-0.3, -0.25) is 0 Å². The van der Waals surface area contributed by atoms with Crippen LogP contribution in [-0.4, -0.2) is 44.3 Å². The first-order valence-electron chi connectivity index (χ1n) is 7.30. The van der Waals surface area contributed by atoms with Crippen molar-refractivity contribution in [1.82, 2.24) is 10.2 Å². The molecule has 0 radical (unpaired) electrons. The lowest BCUT2D eigenvalue weighted by molar-refractivity contribution is -0.0182. The van der Waals surface area contributed by atoms with Gasteiger partial charge in [0.15, 0.2) is 0 Å². The van der Waals surface area contributed by atoms with E-state index in [1.807, 2.05) is 0 Å². The Bertz CT molecular complexity index is 570. The molecule has 0 aliphatic carbocycles. The summed E-state index contributed by atoms with van der Waals surface area (Å²) in [5.74, 6) is 0. The van der Waals surface area contributed by atoms with Crippen molar-refractivity contribution in [2.24, 2.45) is 0 Å². The number of hydrogen-bond donors (Lipinski definition) is 1. The standard InChI is InChI=1S/C17H22N2O/c1-19-8-9-20-17(13-19)12-18-11-14-6-7-15-4-2-3-5-16(15)10-14/h2-7,10,17-18H,8-9,11-13H2,1H3/t17-/m0/s1. The van der Waals surface area contributed by atoms with Crippen LogP contribution in [0.5, 0.6) is 0 Å². The van der Waals surface area contributed by atoms with Crippen LogP contribution in [0, 0.1) is 0 Å². The molecule has 0 amide bonds. The summed E-state index contributed by atoms with van der Waals surface area (Å²) in [6, 6.07) is 15.1. The highest BCUT2D eigenvalue weighted by atomic mass is 16.5. The summed E-state index contributed by atoms with van der Waals surface area (Å²) in [5, 5.41) is 6.11. The number of hydrogen-bond acceptors (Lipinski definition) is 3. The van der Waals surface area contributed by atoms with Gasteiger partial charge in [0.05, 0.1) is 12.7 Å². The fourth-order valence-electron chi connectivity index (χ4n) is 2.72. The van der Waals surface area contributed by atoms with E-state index in [0.29, 0.717) is 6.10 Å². The molecule has 0 bridgehead atoms. The van der Waals surface area contributed by atoms with Crippen LogP contribution in [0.25, 0.3) is 10.8 Å². The lowest BCUT2D eigenvalue weighted by Gasteiger charge is -2.30. The summed E-state index contributed by atoms with van der Waals surface area (Å²) in [5.41, 5.74) is 1.33. The van der Waals surface area contributed by atoms with E-state index in [4.69, 9.17) is 4.74 Å². The molecule has 0 unspecified atom stereocenters. The first-order chi connectivity index (χ1) is 9.81. The number of rotatable bonds is 4. The molecule has 1 fully saturated rings. The molecule has 1 atom stereocenters. The van der Waals surface area contributed by atoms with Gasteiger partial charge in [-0.15, -0.1) is 0 Å². The van der Waals surface area contributed by atoms with Gasteiger partial charge in [0.25, 0.3) is 0 Å². The largest absolute Gasteiger partial charge is 0.374 e. The van der Waals surface area contributed by atoms with Crippen molar-refractivity contribution in [2.75, 3.05) is 33.3 Å². The van der Waals surface area contributed by atoms with E-state index in [-0.39, 0.29) is 0 Å². The van der Waals surface area contributed by atoms with Crippen molar-refractivity contribution >= 4 is 10.8 Å². The zero-order valence-electron chi connectivity index (χ0n) is 12.0. The third kappa shape index (κ3) is 3.37. The molecule has 3 heteroatoms. The van der Waals surface area contributed by atoms with E-state index in [2.05, 4.69) is 59.7 Å². The Balaban J connectivity index is 1.54. The Labute approximate surface area is 120 Å². The van der Waals surface area contributed by atoms with Crippen molar-refractivity contribution in [3.8, 4) is 0 Å². The maximum atomic E-state index is 5.75. The van der Waals surface area contributed by atoms with Gasteiger partial charge in [0.1, 0.15) is 0 Å². The molecule has 0 aromatic heterocycles. The zero-order valence-corrected chi connectivity index (χ0v) is 12.0. The van der Waals surface area contributed by atoms with Crippen molar-refractivity contribution in [2.45, 2.75) is 12.6 Å².